The molecule has 1 N–H and O–H groups in total. The van der Waals surface area contributed by atoms with E-state index in [1.165, 1.54) is 0 Å². The van der Waals surface area contributed by atoms with E-state index in [4.69, 9.17) is 9.90 Å². The Hall–Kier alpha value is -2.62. The highest BCUT2D eigenvalue weighted by Gasteiger charge is 2.50. The van der Waals surface area contributed by atoms with Crippen LogP contribution in [0.15, 0.2) is 30.3 Å². The van der Waals surface area contributed by atoms with Crippen molar-refractivity contribution in [1.82, 2.24) is 9.80 Å². The Morgan fingerprint density at radius 2 is 1.73 bits per heavy atom. The highest BCUT2D eigenvalue weighted by molar-refractivity contribution is 5.96. The van der Waals surface area contributed by atoms with Crippen LogP contribution in [-0.4, -0.2) is 77.6 Å². The molecule has 1 unspecified atom stereocenters. The van der Waals surface area contributed by atoms with Crippen LogP contribution in [0, 0.1) is 5.92 Å². The van der Waals surface area contributed by atoms with Gasteiger partial charge in [-0.1, -0.05) is 18.2 Å². The maximum Gasteiger partial charge on any atom is 0.490 e. The van der Waals surface area contributed by atoms with E-state index in [1.807, 2.05) is 47.2 Å². The molecule has 0 radical (unpaired) electrons. The average Bonchev–Trinajstić information content (AvgIpc) is 3.45. The number of carboxylic acid groups (broad SMARTS) is 1. The largest absolute Gasteiger partial charge is 0.490 e. The average molecular weight is 427 g/mol. The zero-order chi connectivity index (χ0) is 22.1. The summed E-state index contributed by atoms with van der Waals surface area (Å²) in [6, 6.07) is 9.86. The molecule has 0 aromatic heterocycles. The maximum absolute atomic E-state index is 12.5. The molecule has 2 aliphatic heterocycles. The van der Waals surface area contributed by atoms with E-state index in [9.17, 15) is 22.8 Å². The van der Waals surface area contributed by atoms with Crippen molar-refractivity contribution in [2.24, 2.45) is 5.92 Å². The van der Waals surface area contributed by atoms with Gasteiger partial charge in [-0.2, -0.15) is 13.2 Å². The molecule has 10 heteroatoms. The number of para-hydroxylation sites is 1. The molecule has 1 aromatic carbocycles. The topological polar surface area (TPSA) is 81.2 Å². The molecule has 1 spiro atoms. The van der Waals surface area contributed by atoms with E-state index in [-0.39, 0.29) is 17.4 Å². The number of nitrogens with zero attached hydrogens (tertiary/aromatic N) is 3. The van der Waals surface area contributed by atoms with Gasteiger partial charge in [0, 0.05) is 31.2 Å². The van der Waals surface area contributed by atoms with Crippen molar-refractivity contribution in [1.29, 1.82) is 0 Å². The monoisotopic (exact) mass is 427 g/mol. The number of hydrogen-bond acceptors (Lipinski definition) is 4. The minimum Gasteiger partial charge on any atom is -0.475 e. The molecule has 1 atom stereocenters. The van der Waals surface area contributed by atoms with Crippen molar-refractivity contribution in [3.63, 3.8) is 0 Å². The molecule has 3 fully saturated rings. The molecule has 4 rings (SSSR count). The highest BCUT2D eigenvalue weighted by atomic mass is 19.4. The third-order valence-electron chi connectivity index (χ3n) is 5.82. The van der Waals surface area contributed by atoms with Crippen LogP contribution in [0.3, 0.4) is 0 Å². The van der Waals surface area contributed by atoms with Gasteiger partial charge in [-0.05, 0) is 38.4 Å². The van der Waals surface area contributed by atoms with Gasteiger partial charge in [-0.15, -0.1) is 0 Å². The number of carboxylic acids is 1. The number of piperazine rings is 1. The Balaban J connectivity index is 0.000000318. The van der Waals surface area contributed by atoms with E-state index in [1.54, 1.807) is 0 Å². The fourth-order valence-electron chi connectivity index (χ4n) is 3.88. The summed E-state index contributed by atoms with van der Waals surface area (Å²) in [6.07, 6.45) is -2.04. The second-order valence-corrected chi connectivity index (χ2v) is 7.98. The Morgan fingerprint density at radius 1 is 1.13 bits per heavy atom. The van der Waals surface area contributed by atoms with Crippen LogP contribution in [0.25, 0.3) is 0 Å². The van der Waals surface area contributed by atoms with Crippen molar-refractivity contribution in [2.45, 2.75) is 31.0 Å². The molecule has 1 saturated carbocycles. The van der Waals surface area contributed by atoms with Crippen LogP contribution < -0.4 is 4.90 Å². The Bertz CT molecular complexity index is 813. The Labute approximate surface area is 172 Å². The smallest absolute Gasteiger partial charge is 0.475 e. The van der Waals surface area contributed by atoms with Gasteiger partial charge < -0.3 is 14.9 Å². The van der Waals surface area contributed by atoms with Crippen molar-refractivity contribution in [3.05, 3.63) is 30.3 Å². The number of carbonyl (C=O) groups is 3. The van der Waals surface area contributed by atoms with Gasteiger partial charge in [0.25, 0.3) is 0 Å². The van der Waals surface area contributed by atoms with Gasteiger partial charge in [-0.25, -0.2) is 4.79 Å². The SMILES string of the molecule is CN1CC(=O)N(c2ccccc2)CC12CCN(C(=O)C1CC1)C2.O=C(O)C(F)(F)F. The van der Waals surface area contributed by atoms with E-state index in [0.717, 1.165) is 38.0 Å². The number of likely N-dealkylation sites (tertiary alicyclic amines) is 1. The number of halogens is 3. The first-order valence-electron chi connectivity index (χ1n) is 9.69. The van der Waals surface area contributed by atoms with Crippen LogP contribution in [0.5, 0.6) is 0 Å². The molecule has 2 heterocycles. The van der Waals surface area contributed by atoms with Crippen LogP contribution in [-0.2, 0) is 14.4 Å². The third kappa shape index (κ3) is 4.75. The van der Waals surface area contributed by atoms with Gasteiger partial charge in [-0.3, -0.25) is 14.5 Å². The van der Waals surface area contributed by atoms with E-state index >= 15 is 0 Å². The van der Waals surface area contributed by atoms with Gasteiger partial charge in [0.2, 0.25) is 11.8 Å². The molecule has 3 aliphatic rings. The summed E-state index contributed by atoms with van der Waals surface area (Å²) in [5, 5.41) is 7.12. The molecular weight excluding hydrogens is 403 g/mol. The van der Waals surface area contributed by atoms with Crippen LogP contribution in [0.1, 0.15) is 19.3 Å². The second-order valence-electron chi connectivity index (χ2n) is 7.98. The molecule has 2 amide bonds. The molecule has 7 nitrogen and oxygen atoms in total. The van der Waals surface area contributed by atoms with Gasteiger partial charge in [0.05, 0.1) is 12.1 Å². The summed E-state index contributed by atoms with van der Waals surface area (Å²) in [6.45, 7) is 2.65. The lowest BCUT2D eigenvalue weighted by Crippen LogP contribution is -2.64. The van der Waals surface area contributed by atoms with Crippen molar-refractivity contribution in [3.8, 4) is 0 Å². The number of amides is 2. The lowest BCUT2D eigenvalue weighted by atomic mass is 9.92. The normalized spacial score (nSPS) is 24.6. The first-order chi connectivity index (χ1) is 14.0. The minimum atomic E-state index is -5.08. The summed E-state index contributed by atoms with van der Waals surface area (Å²) in [5.74, 6) is -2.03. The van der Waals surface area contributed by atoms with Crippen LogP contribution >= 0.6 is 0 Å². The van der Waals surface area contributed by atoms with E-state index in [0.29, 0.717) is 19.0 Å². The lowest BCUT2D eigenvalue weighted by molar-refractivity contribution is -0.192. The predicted octanol–water partition coefficient (Wildman–Crippen LogP) is 1.98. The fraction of sp³-hybridized carbons (Fsp3) is 0.550. The third-order valence-corrected chi connectivity index (χ3v) is 5.82. The number of benzene rings is 1. The summed E-state index contributed by atoms with van der Waals surface area (Å²) in [7, 11) is 2.02. The van der Waals surface area contributed by atoms with Gasteiger partial charge in [0.1, 0.15) is 0 Å². The number of anilines is 1. The minimum absolute atomic E-state index is 0.103. The number of rotatable bonds is 2. The molecule has 30 heavy (non-hydrogen) atoms. The molecular formula is C20H24F3N3O4. The van der Waals surface area contributed by atoms with Gasteiger partial charge >= 0.3 is 12.1 Å². The number of alkyl halides is 3. The van der Waals surface area contributed by atoms with Crippen molar-refractivity contribution >= 4 is 23.5 Å². The Morgan fingerprint density at radius 3 is 2.27 bits per heavy atom. The van der Waals surface area contributed by atoms with E-state index < -0.39 is 12.1 Å². The molecule has 164 valence electrons. The quantitative estimate of drug-likeness (QED) is 0.781. The molecule has 1 aromatic rings. The summed E-state index contributed by atoms with van der Waals surface area (Å²) >= 11 is 0. The lowest BCUT2D eigenvalue weighted by Gasteiger charge is -2.46. The fourth-order valence-corrected chi connectivity index (χ4v) is 3.88. The number of carbonyl (C=O) groups excluding carboxylic acids is 2. The van der Waals surface area contributed by atoms with Crippen LogP contribution in [0.4, 0.5) is 18.9 Å². The Kier molecular flexibility index (Phi) is 6.07. The zero-order valence-electron chi connectivity index (χ0n) is 16.6. The van der Waals surface area contributed by atoms with E-state index in [2.05, 4.69) is 4.90 Å². The molecule has 2 saturated heterocycles. The first kappa shape index (κ1) is 22.1. The van der Waals surface area contributed by atoms with Crippen molar-refractivity contribution in [2.75, 3.05) is 38.1 Å². The molecule has 0 bridgehead atoms. The maximum atomic E-state index is 12.5. The second kappa shape index (κ2) is 8.25. The summed E-state index contributed by atoms with van der Waals surface area (Å²) in [5.41, 5.74) is 0.853. The number of aliphatic carboxylic acids is 1. The van der Waals surface area contributed by atoms with Crippen molar-refractivity contribution < 1.29 is 32.7 Å². The zero-order valence-corrected chi connectivity index (χ0v) is 16.6. The standard InChI is InChI=1S/C18H23N3O2.C2HF3O2/c1-19-11-16(22)21(15-5-3-2-4-6-15)13-18(19)9-10-20(12-18)17(23)14-7-8-14;3-2(4,5)1(6)7/h2-6,14H,7-13H2,1H3;(H,6,7). The highest BCUT2D eigenvalue weighted by Crippen LogP contribution is 2.37. The summed E-state index contributed by atoms with van der Waals surface area (Å²) < 4.78 is 31.7. The summed E-state index contributed by atoms with van der Waals surface area (Å²) in [4.78, 5) is 39.8. The van der Waals surface area contributed by atoms with Gasteiger partial charge in [0.15, 0.2) is 0 Å². The molecule has 1 aliphatic carbocycles. The predicted molar refractivity (Wildman–Crippen MR) is 102 cm³/mol. The van der Waals surface area contributed by atoms with Crippen LogP contribution in [0.2, 0.25) is 0 Å². The first-order valence-corrected chi connectivity index (χ1v) is 9.69. The number of hydrogen-bond donors (Lipinski definition) is 1. The number of likely N-dealkylation sites (N-methyl/N-ethyl adjacent to an activating group) is 1.